The molecule has 2 nitrogen and oxygen atoms in total. The van der Waals surface area contributed by atoms with Crippen LogP contribution in [0.3, 0.4) is 0 Å². The summed E-state index contributed by atoms with van der Waals surface area (Å²) in [6.07, 6.45) is 3.71. The Morgan fingerprint density at radius 2 is 1.85 bits per heavy atom. The molecule has 0 atom stereocenters. The van der Waals surface area contributed by atoms with Gasteiger partial charge in [0.2, 0.25) is 0 Å². The van der Waals surface area contributed by atoms with Crippen LogP contribution in [0.1, 0.15) is 33.1 Å². The molecule has 0 amide bonds. The molecule has 3 heteroatoms. The van der Waals surface area contributed by atoms with Crippen LogP contribution in [-0.4, -0.2) is 30.3 Å². The fourth-order valence-electron chi connectivity index (χ4n) is 1.27. The Morgan fingerprint density at radius 3 is 2.38 bits per heavy atom. The van der Waals surface area contributed by atoms with Gasteiger partial charge in [-0.05, 0) is 44.2 Å². The van der Waals surface area contributed by atoms with Gasteiger partial charge in [0.05, 0.1) is 0 Å². The third-order valence-electron chi connectivity index (χ3n) is 2.18. The molecule has 0 aromatic rings. The number of hydrogen-bond donors (Lipinski definition) is 0. The lowest BCUT2D eigenvalue weighted by atomic mass is 10.2. The molecule has 0 spiro atoms. The van der Waals surface area contributed by atoms with Gasteiger partial charge in [-0.1, -0.05) is 20.3 Å². The molecule has 0 aliphatic heterocycles. The summed E-state index contributed by atoms with van der Waals surface area (Å²) in [7, 11) is 0. The molecule has 0 aromatic heterocycles. The van der Waals surface area contributed by atoms with Crippen LogP contribution >= 0.6 is 11.8 Å². The number of nitrogens with zero attached hydrogens (tertiary/aromatic N) is 2. The van der Waals surface area contributed by atoms with Crippen LogP contribution in [0.25, 0.3) is 0 Å². The van der Waals surface area contributed by atoms with Gasteiger partial charge < -0.3 is 4.90 Å². The lowest BCUT2D eigenvalue weighted by Crippen LogP contribution is -2.23. The summed E-state index contributed by atoms with van der Waals surface area (Å²) in [5, 5.41) is 10.4. The summed E-state index contributed by atoms with van der Waals surface area (Å²) in [5.41, 5.74) is 0. The third-order valence-corrected chi connectivity index (χ3v) is 2.80. The number of unbranched alkanes of at least 4 members (excludes halogenated alkanes) is 2. The van der Waals surface area contributed by atoms with Gasteiger partial charge in [0, 0.05) is 5.75 Å². The highest BCUT2D eigenvalue weighted by molar-refractivity contribution is 8.03. The maximum absolute atomic E-state index is 8.29. The van der Waals surface area contributed by atoms with E-state index < -0.39 is 0 Å². The van der Waals surface area contributed by atoms with Crippen LogP contribution in [0.15, 0.2) is 0 Å². The van der Waals surface area contributed by atoms with Crippen LogP contribution in [0.2, 0.25) is 0 Å². The van der Waals surface area contributed by atoms with E-state index in [4.69, 9.17) is 5.26 Å². The molecule has 0 unspecified atom stereocenters. The van der Waals surface area contributed by atoms with Crippen molar-refractivity contribution in [3.05, 3.63) is 0 Å². The van der Waals surface area contributed by atoms with Gasteiger partial charge >= 0.3 is 0 Å². The Bertz CT molecular complexity index is 138. The van der Waals surface area contributed by atoms with Gasteiger partial charge in [-0.15, -0.1) is 0 Å². The van der Waals surface area contributed by atoms with E-state index in [0.717, 1.165) is 18.8 Å². The fraction of sp³-hybridized carbons (Fsp3) is 0.900. The van der Waals surface area contributed by atoms with Crippen molar-refractivity contribution in [1.29, 1.82) is 5.26 Å². The van der Waals surface area contributed by atoms with Crippen LogP contribution in [0, 0.1) is 10.7 Å². The van der Waals surface area contributed by atoms with E-state index in [0.29, 0.717) is 0 Å². The average molecular weight is 200 g/mol. The zero-order valence-corrected chi connectivity index (χ0v) is 9.57. The molecule has 0 rings (SSSR count). The standard InChI is InChI=1S/C10H20N2S/c1-3-12(4-2)8-6-5-7-9-13-10-11/h3-9H2,1-2H3. The Morgan fingerprint density at radius 1 is 1.15 bits per heavy atom. The third kappa shape index (κ3) is 8.14. The summed E-state index contributed by atoms with van der Waals surface area (Å²) in [5.74, 6) is 0.995. The molecule has 0 saturated carbocycles. The highest BCUT2D eigenvalue weighted by Crippen LogP contribution is 2.04. The van der Waals surface area contributed by atoms with Gasteiger partial charge in [-0.2, -0.15) is 5.26 Å². The SMILES string of the molecule is CCN(CC)CCCCCSC#N. The first-order valence-electron chi connectivity index (χ1n) is 5.08. The molecular weight excluding hydrogens is 180 g/mol. The van der Waals surface area contributed by atoms with Crippen molar-refractivity contribution >= 4 is 11.8 Å². The van der Waals surface area contributed by atoms with Crippen molar-refractivity contribution in [3.8, 4) is 5.40 Å². The minimum Gasteiger partial charge on any atom is -0.304 e. The summed E-state index contributed by atoms with van der Waals surface area (Å²) >= 11 is 1.37. The van der Waals surface area contributed by atoms with Crippen molar-refractivity contribution in [1.82, 2.24) is 4.90 Å². The number of thiocyanates is 1. The number of nitriles is 1. The molecule has 0 bridgehead atoms. The molecule has 0 aliphatic rings. The monoisotopic (exact) mass is 200 g/mol. The first kappa shape index (κ1) is 12.8. The second-order valence-corrected chi connectivity index (χ2v) is 3.91. The summed E-state index contributed by atoms with van der Waals surface area (Å²) < 4.78 is 0. The molecule has 0 N–H and O–H groups in total. The molecule has 76 valence electrons. The highest BCUT2D eigenvalue weighted by atomic mass is 32.2. The van der Waals surface area contributed by atoms with Gasteiger partial charge in [-0.3, -0.25) is 0 Å². The average Bonchev–Trinajstić information content (AvgIpc) is 2.17. The minimum atomic E-state index is 0.995. The maximum Gasteiger partial charge on any atom is 0.133 e. The second-order valence-electron chi connectivity index (χ2n) is 3.03. The Labute approximate surface area is 86.3 Å². The molecule has 0 aromatic carbocycles. The summed E-state index contributed by atoms with van der Waals surface area (Å²) in [6.45, 7) is 7.93. The molecular formula is C10H20N2S. The summed E-state index contributed by atoms with van der Waals surface area (Å²) in [6, 6.07) is 0. The first-order valence-corrected chi connectivity index (χ1v) is 6.06. The zero-order valence-electron chi connectivity index (χ0n) is 8.75. The fourth-order valence-corrected chi connectivity index (χ4v) is 1.71. The van der Waals surface area contributed by atoms with E-state index >= 15 is 0 Å². The first-order chi connectivity index (χ1) is 6.35. The molecule has 13 heavy (non-hydrogen) atoms. The van der Waals surface area contributed by atoms with Crippen molar-refractivity contribution in [2.24, 2.45) is 0 Å². The molecule has 0 fully saturated rings. The van der Waals surface area contributed by atoms with Gasteiger partial charge in [0.25, 0.3) is 0 Å². The minimum absolute atomic E-state index is 0.995. The number of rotatable bonds is 8. The zero-order chi connectivity index (χ0) is 9.94. The predicted molar refractivity (Wildman–Crippen MR) is 59.7 cm³/mol. The van der Waals surface area contributed by atoms with Crippen LogP contribution < -0.4 is 0 Å². The van der Waals surface area contributed by atoms with Crippen LogP contribution in [0.4, 0.5) is 0 Å². The smallest absolute Gasteiger partial charge is 0.133 e. The second kappa shape index (κ2) is 9.88. The van der Waals surface area contributed by atoms with Gasteiger partial charge in [0.1, 0.15) is 5.40 Å². The quantitative estimate of drug-likeness (QED) is 0.445. The Kier molecular flexibility index (Phi) is 9.73. The topological polar surface area (TPSA) is 27.0 Å². The van der Waals surface area contributed by atoms with Crippen molar-refractivity contribution < 1.29 is 0 Å². The Balaban J connectivity index is 3.11. The number of hydrogen-bond acceptors (Lipinski definition) is 3. The van der Waals surface area contributed by atoms with Gasteiger partial charge in [0.15, 0.2) is 0 Å². The number of thioether (sulfide) groups is 1. The summed E-state index contributed by atoms with van der Waals surface area (Å²) in [4.78, 5) is 2.44. The van der Waals surface area contributed by atoms with E-state index in [1.54, 1.807) is 0 Å². The van der Waals surface area contributed by atoms with Crippen LogP contribution in [0.5, 0.6) is 0 Å². The van der Waals surface area contributed by atoms with Crippen molar-refractivity contribution in [3.63, 3.8) is 0 Å². The van der Waals surface area contributed by atoms with E-state index in [9.17, 15) is 0 Å². The van der Waals surface area contributed by atoms with Crippen molar-refractivity contribution in [2.45, 2.75) is 33.1 Å². The lowest BCUT2D eigenvalue weighted by molar-refractivity contribution is 0.296. The van der Waals surface area contributed by atoms with E-state index in [-0.39, 0.29) is 0 Å². The highest BCUT2D eigenvalue weighted by Gasteiger charge is 1.97. The van der Waals surface area contributed by atoms with Gasteiger partial charge in [-0.25, -0.2) is 0 Å². The maximum atomic E-state index is 8.29. The van der Waals surface area contributed by atoms with Crippen molar-refractivity contribution in [2.75, 3.05) is 25.4 Å². The Hall–Kier alpha value is -0.200. The predicted octanol–water partition coefficient (Wildman–Crippen LogP) is 2.71. The molecule has 0 heterocycles. The normalized spacial score (nSPS) is 10.3. The lowest BCUT2D eigenvalue weighted by Gasteiger charge is -2.17. The molecule has 0 radical (unpaired) electrons. The largest absolute Gasteiger partial charge is 0.304 e. The molecule has 0 saturated heterocycles. The van der Waals surface area contributed by atoms with E-state index in [1.807, 2.05) is 0 Å². The van der Waals surface area contributed by atoms with E-state index in [2.05, 4.69) is 24.1 Å². The molecule has 0 aliphatic carbocycles. The van der Waals surface area contributed by atoms with Crippen LogP contribution in [-0.2, 0) is 0 Å². The van der Waals surface area contributed by atoms with E-state index in [1.165, 1.54) is 37.6 Å².